The molecule has 0 aliphatic heterocycles. The Kier molecular flexibility index (Phi) is 1.72. The Labute approximate surface area is 61.1 Å². The van der Waals surface area contributed by atoms with Gasteiger partial charge in [-0.05, 0) is 6.92 Å². The first kappa shape index (κ1) is 7.46. The second kappa shape index (κ2) is 2.53. The summed E-state index contributed by atoms with van der Waals surface area (Å²) in [7, 11) is 0. The molecule has 2 N–H and O–H groups in total. The van der Waals surface area contributed by atoms with Crippen molar-refractivity contribution >= 4 is 5.78 Å². The van der Waals surface area contributed by atoms with Crippen LogP contribution in [-0.4, -0.2) is 16.0 Å². The van der Waals surface area contributed by atoms with Gasteiger partial charge in [-0.25, -0.2) is 0 Å². The Hall–Kier alpha value is -1.65. The minimum Gasteiger partial charge on any atom is -0.305 e. The first-order chi connectivity index (χ1) is 5.13. The highest BCUT2D eigenvalue weighted by atomic mass is 16.2. The zero-order valence-electron chi connectivity index (χ0n) is 5.80. The van der Waals surface area contributed by atoms with Crippen molar-refractivity contribution in [2.24, 2.45) is 0 Å². The number of carbonyl (C=O) groups is 1. The van der Waals surface area contributed by atoms with Crippen molar-refractivity contribution in [2.75, 3.05) is 0 Å². The van der Waals surface area contributed by atoms with Gasteiger partial charge in [-0.15, -0.1) is 0 Å². The van der Waals surface area contributed by atoms with Crippen LogP contribution in [-0.2, 0) is 0 Å². The number of hydrogen-bond donors (Lipinski definition) is 2. The summed E-state index contributed by atoms with van der Waals surface area (Å²) in [5.74, 6) is -0.419. The van der Waals surface area contributed by atoms with Crippen LogP contribution in [0.4, 0.5) is 0 Å². The van der Waals surface area contributed by atoms with Crippen LogP contribution in [0.25, 0.3) is 0 Å². The lowest BCUT2D eigenvalue weighted by Gasteiger charge is -1.89. The van der Waals surface area contributed by atoms with Crippen molar-refractivity contribution < 1.29 is 4.79 Å². The monoisotopic (exact) mass is 154 g/mol. The maximum atomic E-state index is 10.8. The van der Waals surface area contributed by atoms with Crippen LogP contribution < -0.4 is 11.0 Å². The fourth-order valence-electron chi connectivity index (χ4n) is 0.680. The van der Waals surface area contributed by atoms with Gasteiger partial charge in [-0.3, -0.25) is 19.5 Å². The molecule has 1 heterocycles. The SMILES string of the molecule is CC(=O)c1c[nH][nH]c(=O)c1=O. The van der Waals surface area contributed by atoms with Crippen molar-refractivity contribution in [1.82, 2.24) is 10.2 Å². The first-order valence-corrected chi connectivity index (χ1v) is 2.94. The summed E-state index contributed by atoms with van der Waals surface area (Å²) in [4.78, 5) is 32.1. The van der Waals surface area contributed by atoms with Crippen LogP contribution in [0, 0.1) is 0 Å². The van der Waals surface area contributed by atoms with Gasteiger partial charge in [0.25, 0.3) is 5.43 Å². The lowest BCUT2D eigenvalue weighted by atomic mass is 10.2. The molecular formula is C6H6N2O3. The van der Waals surface area contributed by atoms with Gasteiger partial charge in [0.1, 0.15) is 0 Å². The molecular weight excluding hydrogens is 148 g/mol. The van der Waals surface area contributed by atoms with E-state index in [1.807, 2.05) is 5.10 Å². The van der Waals surface area contributed by atoms with E-state index in [9.17, 15) is 14.4 Å². The van der Waals surface area contributed by atoms with Gasteiger partial charge < -0.3 is 5.10 Å². The third kappa shape index (κ3) is 1.26. The molecule has 0 saturated heterocycles. The Balaban J connectivity index is 3.53. The number of aromatic nitrogens is 2. The van der Waals surface area contributed by atoms with Gasteiger partial charge in [0, 0.05) is 6.20 Å². The summed E-state index contributed by atoms with van der Waals surface area (Å²) in [5.41, 5.74) is -1.72. The summed E-state index contributed by atoms with van der Waals surface area (Å²) in [6, 6.07) is 0. The van der Waals surface area contributed by atoms with Gasteiger partial charge in [0.05, 0.1) is 5.56 Å². The summed E-state index contributed by atoms with van der Waals surface area (Å²) >= 11 is 0. The highest BCUT2D eigenvalue weighted by molar-refractivity contribution is 5.93. The molecule has 0 fully saturated rings. The van der Waals surface area contributed by atoms with Crippen LogP contribution in [0.3, 0.4) is 0 Å². The zero-order valence-corrected chi connectivity index (χ0v) is 5.80. The quantitative estimate of drug-likeness (QED) is 0.413. The van der Waals surface area contributed by atoms with Crippen LogP contribution >= 0.6 is 0 Å². The van der Waals surface area contributed by atoms with Crippen molar-refractivity contribution in [3.63, 3.8) is 0 Å². The average Bonchev–Trinajstić information content (AvgIpc) is 1.94. The maximum Gasteiger partial charge on any atom is 0.310 e. The molecule has 0 aliphatic carbocycles. The molecule has 0 unspecified atom stereocenters. The van der Waals surface area contributed by atoms with E-state index in [0.29, 0.717) is 0 Å². The average molecular weight is 154 g/mol. The minimum atomic E-state index is -0.808. The van der Waals surface area contributed by atoms with E-state index in [1.54, 1.807) is 0 Å². The van der Waals surface area contributed by atoms with E-state index in [2.05, 4.69) is 5.10 Å². The molecule has 11 heavy (non-hydrogen) atoms. The smallest absolute Gasteiger partial charge is 0.305 e. The largest absolute Gasteiger partial charge is 0.310 e. The topological polar surface area (TPSA) is 82.8 Å². The van der Waals surface area contributed by atoms with Crippen molar-refractivity contribution in [3.05, 3.63) is 32.3 Å². The fraction of sp³-hybridized carbons (Fsp3) is 0.167. The minimum absolute atomic E-state index is 0.117. The predicted octanol–water partition coefficient (Wildman–Crippen LogP) is -0.734. The highest BCUT2D eigenvalue weighted by Crippen LogP contribution is 1.83. The van der Waals surface area contributed by atoms with Gasteiger partial charge in [-0.1, -0.05) is 0 Å². The molecule has 0 spiro atoms. The van der Waals surface area contributed by atoms with E-state index >= 15 is 0 Å². The predicted molar refractivity (Wildman–Crippen MR) is 37.7 cm³/mol. The molecule has 1 rings (SSSR count). The van der Waals surface area contributed by atoms with E-state index in [-0.39, 0.29) is 5.56 Å². The lowest BCUT2D eigenvalue weighted by Crippen LogP contribution is -2.31. The Morgan fingerprint density at radius 3 is 2.55 bits per heavy atom. The van der Waals surface area contributed by atoms with Gasteiger partial charge >= 0.3 is 5.56 Å². The van der Waals surface area contributed by atoms with Crippen LogP contribution in [0.2, 0.25) is 0 Å². The number of rotatable bonds is 1. The Bertz CT molecular complexity index is 387. The van der Waals surface area contributed by atoms with Gasteiger partial charge in [0.2, 0.25) is 0 Å². The summed E-state index contributed by atoms with van der Waals surface area (Å²) < 4.78 is 0. The molecule has 0 saturated carbocycles. The fourth-order valence-corrected chi connectivity index (χ4v) is 0.680. The first-order valence-electron chi connectivity index (χ1n) is 2.94. The van der Waals surface area contributed by atoms with Crippen molar-refractivity contribution in [3.8, 4) is 0 Å². The normalized spacial score (nSPS) is 9.55. The second-order valence-corrected chi connectivity index (χ2v) is 2.04. The number of Topliss-reactive ketones (excluding diaryl/α,β-unsaturated/α-hetero) is 1. The number of nitrogens with one attached hydrogen (secondary N) is 2. The third-order valence-electron chi connectivity index (χ3n) is 1.23. The molecule has 1 aromatic heterocycles. The summed E-state index contributed by atoms with van der Waals surface area (Å²) in [6.07, 6.45) is 1.17. The van der Waals surface area contributed by atoms with Crippen molar-refractivity contribution in [1.29, 1.82) is 0 Å². The van der Waals surface area contributed by atoms with E-state index in [4.69, 9.17) is 0 Å². The number of ketones is 1. The molecule has 0 atom stereocenters. The Morgan fingerprint density at radius 1 is 1.45 bits per heavy atom. The standard InChI is InChI=1S/C6H6N2O3/c1-3(9)4-2-7-8-6(11)5(4)10/h2H,1H3,(H,7,10)(H,8,11). The molecule has 5 heteroatoms. The summed E-state index contributed by atoms with van der Waals surface area (Å²) in [5, 5.41) is 4.34. The number of aromatic amines is 2. The lowest BCUT2D eigenvalue weighted by molar-refractivity contribution is 0.101. The number of carbonyl (C=O) groups excluding carboxylic acids is 1. The van der Waals surface area contributed by atoms with Crippen LogP contribution in [0.15, 0.2) is 15.8 Å². The molecule has 58 valence electrons. The van der Waals surface area contributed by atoms with E-state index in [0.717, 1.165) is 0 Å². The summed E-state index contributed by atoms with van der Waals surface area (Å²) in [6.45, 7) is 1.23. The second-order valence-electron chi connectivity index (χ2n) is 2.04. The number of H-pyrrole nitrogens is 2. The van der Waals surface area contributed by atoms with Gasteiger partial charge in [0.15, 0.2) is 5.78 Å². The van der Waals surface area contributed by atoms with E-state index < -0.39 is 16.8 Å². The van der Waals surface area contributed by atoms with Gasteiger partial charge in [-0.2, -0.15) is 0 Å². The van der Waals surface area contributed by atoms with E-state index in [1.165, 1.54) is 13.1 Å². The number of hydrogen-bond acceptors (Lipinski definition) is 3. The zero-order chi connectivity index (χ0) is 8.43. The highest BCUT2D eigenvalue weighted by Gasteiger charge is 2.05. The molecule has 1 aromatic rings. The molecule has 0 amide bonds. The molecule has 0 radical (unpaired) electrons. The molecule has 0 bridgehead atoms. The molecule has 5 nitrogen and oxygen atoms in total. The van der Waals surface area contributed by atoms with Crippen molar-refractivity contribution in [2.45, 2.75) is 6.92 Å². The Morgan fingerprint density at radius 2 is 2.09 bits per heavy atom. The molecule has 0 aromatic carbocycles. The maximum absolute atomic E-state index is 10.8. The van der Waals surface area contributed by atoms with Crippen LogP contribution in [0.5, 0.6) is 0 Å². The third-order valence-corrected chi connectivity index (χ3v) is 1.23. The van der Waals surface area contributed by atoms with Crippen LogP contribution in [0.1, 0.15) is 17.3 Å². The molecule has 0 aliphatic rings.